The number of hydroxylamine groups is 1. The van der Waals surface area contributed by atoms with Crippen molar-refractivity contribution in [2.45, 2.75) is 26.4 Å². The minimum absolute atomic E-state index is 0. The standard InChI is InChI=1S/C7H15NO.2Y/c1-4-5-6-8-9-7(2)3;;/h4,7-8H,2,5-6H2,1,3H3;;/q-2;;/t7-;;/m1../s1. The van der Waals surface area contributed by atoms with Crippen LogP contribution >= 0.6 is 0 Å². The molecule has 0 saturated carbocycles. The SMILES string of the molecule is [CH2-][C@H](C)ONCC[CH-]C.[Y].[Y]. The molecule has 0 amide bonds. The number of rotatable bonds is 5. The van der Waals surface area contributed by atoms with Gasteiger partial charge in [0.15, 0.2) is 0 Å². The van der Waals surface area contributed by atoms with E-state index in [0.29, 0.717) is 0 Å². The van der Waals surface area contributed by atoms with E-state index in [1.807, 2.05) is 13.8 Å². The van der Waals surface area contributed by atoms with Gasteiger partial charge in [0.1, 0.15) is 0 Å². The van der Waals surface area contributed by atoms with Gasteiger partial charge in [-0.25, -0.2) is 5.48 Å². The first-order valence-electron chi connectivity index (χ1n) is 3.26. The predicted octanol–water partition coefficient (Wildman–Crippen LogP) is 1.34. The van der Waals surface area contributed by atoms with Crippen LogP contribution in [-0.2, 0) is 70.3 Å². The maximum absolute atomic E-state index is 4.96. The van der Waals surface area contributed by atoms with Crippen LogP contribution in [0.15, 0.2) is 0 Å². The molecule has 2 radical (unpaired) electrons. The summed E-state index contributed by atoms with van der Waals surface area (Å²) in [4.78, 5) is 4.96. The molecule has 0 heterocycles. The fourth-order valence-corrected chi connectivity index (χ4v) is 0.404. The Kier molecular flexibility index (Phi) is 25.1. The second-order valence-corrected chi connectivity index (χ2v) is 2.02. The third-order valence-corrected chi connectivity index (χ3v) is 0.820. The van der Waals surface area contributed by atoms with Crippen LogP contribution < -0.4 is 5.48 Å². The van der Waals surface area contributed by atoms with Crippen molar-refractivity contribution in [3.05, 3.63) is 13.3 Å². The second kappa shape index (κ2) is 14.6. The monoisotopic (exact) mass is 307 g/mol. The molecule has 0 aromatic heterocycles. The average Bonchev–Trinajstić information content (AvgIpc) is 1.80. The summed E-state index contributed by atoms with van der Waals surface area (Å²) in [5, 5.41) is 0. The van der Waals surface area contributed by atoms with Crippen LogP contribution in [0.3, 0.4) is 0 Å². The molecule has 0 aliphatic carbocycles. The average molecular weight is 307 g/mol. The molecule has 0 aliphatic rings. The summed E-state index contributed by atoms with van der Waals surface area (Å²) in [5.41, 5.74) is 2.79. The molecule has 0 aromatic carbocycles. The van der Waals surface area contributed by atoms with E-state index in [9.17, 15) is 0 Å². The van der Waals surface area contributed by atoms with Gasteiger partial charge in [0.2, 0.25) is 0 Å². The Morgan fingerprint density at radius 1 is 1.55 bits per heavy atom. The zero-order valence-electron chi connectivity index (χ0n) is 7.34. The molecule has 0 fully saturated rings. The normalized spacial score (nSPS) is 11.2. The quantitative estimate of drug-likeness (QED) is 0.470. The van der Waals surface area contributed by atoms with Crippen molar-refractivity contribution in [2.24, 2.45) is 0 Å². The van der Waals surface area contributed by atoms with Gasteiger partial charge < -0.3 is 18.2 Å². The second-order valence-electron chi connectivity index (χ2n) is 2.02. The summed E-state index contributed by atoms with van der Waals surface area (Å²) in [6.45, 7) is 8.43. The van der Waals surface area contributed by atoms with Crippen LogP contribution in [0.25, 0.3) is 0 Å². The minimum atomic E-state index is 0. The van der Waals surface area contributed by atoms with Crippen molar-refractivity contribution in [3.8, 4) is 0 Å². The van der Waals surface area contributed by atoms with Crippen LogP contribution in [0.5, 0.6) is 0 Å². The number of hydrogen-bond donors (Lipinski definition) is 1. The molecule has 0 bridgehead atoms. The molecule has 0 aliphatic heterocycles. The first-order chi connectivity index (χ1) is 4.27. The maximum Gasteiger partial charge on any atom is 0 e. The van der Waals surface area contributed by atoms with Crippen molar-refractivity contribution in [1.82, 2.24) is 5.48 Å². The van der Waals surface area contributed by atoms with Crippen molar-refractivity contribution in [2.75, 3.05) is 6.54 Å². The van der Waals surface area contributed by atoms with E-state index in [-0.39, 0.29) is 71.5 Å². The van der Waals surface area contributed by atoms with Crippen LogP contribution in [0.2, 0.25) is 0 Å². The molecule has 62 valence electrons. The summed E-state index contributed by atoms with van der Waals surface area (Å²) in [6.07, 6.45) is 3.15. The van der Waals surface area contributed by atoms with Gasteiger partial charge in [0, 0.05) is 65.4 Å². The van der Waals surface area contributed by atoms with E-state index < -0.39 is 0 Å². The number of unbranched alkanes of at least 4 members (excludes halogenated alkanes) is 1. The van der Waals surface area contributed by atoms with E-state index in [1.54, 1.807) is 0 Å². The topological polar surface area (TPSA) is 21.3 Å². The summed E-state index contributed by atoms with van der Waals surface area (Å²) >= 11 is 0. The molecule has 11 heavy (non-hydrogen) atoms. The zero-order valence-corrected chi connectivity index (χ0v) is 13.0. The van der Waals surface area contributed by atoms with Gasteiger partial charge in [-0.15, -0.1) is 0 Å². The molecule has 0 aromatic rings. The Morgan fingerprint density at radius 3 is 2.45 bits per heavy atom. The molecule has 4 heteroatoms. The molecular weight excluding hydrogens is 292 g/mol. The zero-order chi connectivity index (χ0) is 7.11. The van der Waals surface area contributed by atoms with E-state index in [2.05, 4.69) is 18.8 Å². The van der Waals surface area contributed by atoms with Gasteiger partial charge >= 0.3 is 0 Å². The van der Waals surface area contributed by atoms with Crippen molar-refractivity contribution >= 4 is 0 Å². The van der Waals surface area contributed by atoms with Gasteiger partial charge in [-0.05, 0) is 12.6 Å². The fourth-order valence-electron chi connectivity index (χ4n) is 0.404. The minimum Gasteiger partial charge on any atom is -0.332 e. The number of hydrogen-bond acceptors (Lipinski definition) is 2. The summed E-state index contributed by atoms with van der Waals surface area (Å²) in [5.74, 6) is 0. The van der Waals surface area contributed by atoms with Crippen LogP contribution in [0.4, 0.5) is 0 Å². The summed E-state index contributed by atoms with van der Waals surface area (Å²) in [7, 11) is 0. The first-order valence-corrected chi connectivity index (χ1v) is 3.26. The van der Waals surface area contributed by atoms with Crippen LogP contribution in [0, 0.1) is 13.3 Å². The third-order valence-electron chi connectivity index (χ3n) is 0.820. The molecule has 0 unspecified atom stereocenters. The van der Waals surface area contributed by atoms with Gasteiger partial charge in [-0.1, -0.05) is 6.92 Å². The summed E-state index contributed by atoms with van der Waals surface area (Å²) in [6, 6.07) is 0. The first kappa shape index (κ1) is 18.8. The van der Waals surface area contributed by atoms with Crippen LogP contribution in [0.1, 0.15) is 20.3 Å². The molecule has 2 nitrogen and oxygen atoms in total. The fraction of sp³-hybridized carbons (Fsp3) is 0.714. The largest absolute Gasteiger partial charge is 0.332 e. The Bertz CT molecular complexity index is 62.4. The van der Waals surface area contributed by atoms with E-state index in [4.69, 9.17) is 4.84 Å². The van der Waals surface area contributed by atoms with Crippen molar-refractivity contribution in [3.63, 3.8) is 0 Å². The van der Waals surface area contributed by atoms with E-state index in [1.165, 1.54) is 0 Å². The Labute approximate surface area is 120 Å². The van der Waals surface area contributed by atoms with Crippen LogP contribution in [-0.4, -0.2) is 12.6 Å². The molecule has 0 saturated heterocycles. The van der Waals surface area contributed by atoms with E-state index >= 15 is 0 Å². The smallest absolute Gasteiger partial charge is 0 e. The molecular formula is C7H15NOY2-2. The number of nitrogens with one attached hydrogen (secondary N) is 1. The third kappa shape index (κ3) is 18.8. The Hall–Kier alpha value is 2.13. The van der Waals surface area contributed by atoms with Gasteiger partial charge in [-0.2, -0.15) is 13.3 Å². The van der Waals surface area contributed by atoms with Crippen molar-refractivity contribution in [1.29, 1.82) is 0 Å². The maximum atomic E-state index is 4.96. The Balaban J connectivity index is -0.000000320. The molecule has 1 atom stereocenters. The molecule has 0 spiro atoms. The van der Waals surface area contributed by atoms with Gasteiger partial charge in [0.25, 0.3) is 0 Å². The van der Waals surface area contributed by atoms with Gasteiger partial charge in [-0.3, -0.25) is 0 Å². The molecule has 0 rings (SSSR count). The van der Waals surface area contributed by atoms with E-state index in [0.717, 1.165) is 13.0 Å². The van der Waals surface area contributed by atoms with Crippen molar-refractivity contribution < 1.29 is 70.3 Å². The Morgan fingerprint density at radius 2 is 2.09 bits per heavy atom. The predicted molar refractivity (Wildman–Crippen MR) is 38.5 cm³/mol. The molecule has 1 N–H and O–H groups in total. The summed E-state index contributed by atoms with van der Waals surface area (Å²) < 4.78 is 0. The van der Waals surface area contributed by atoms with Gasteiger partial charge in [0.05, 0.1) is 0 Å².